The van der Waals surface area contributed by atoms with Gasteiger partial charge < -0.3 is 33.3 Å². The molecule has 1 N–H and O–H groups in total. The number of carbonyl (C=O) groups excluding carboxylic acids is 6. The van der Waals surface area contributed by atoms with Crippen molar-refractivity contribution in [2.45, 2.75) is 129 Å². The number of Topliss-reactive ketones (excluding diaryl/α,β-unsaturated/α-hetero) is 2. The number of esters is 2. The molecule has 13 atom stereocenters. The first-order valence-corrected chi connectivity index (χ1v) is 20.7. The van der Waals surface area contributed by atoms with Crippen LogP contribution in [0.3, 0.4) is 0 Å². The third kappa shape index (κ3) is 9.44. The SMILES string of the molecule is CC[C@H]1OC(=O)[C@H](C)C(=O)[C@H](C)[C@@H](O[C@@H]2O[C@H](C)C[C@H](N(C)C)[C@H]2OC(=O)c2ccccc2)[C@](C)(OC)C[C@@H](C)C(=O)[C@H](C)[C@H]2N(NC(=O)c3ccccc3)C(=O)O[C@]12C. The summed E-state index contributed by atoms with van der Waals surface area (Å²) in [5, 5.41) is 1.00. The Morgan fingerprint density at radius 2 is 1.48 bits per heavy atom. The summed E-state index contributed by atoms with van der Waals surface area (Å²) in [5.41, 5.74) is 0.200. The van der Waals surface area contributed by atoms with Crippen LogP contribution in [0, 0.1) is 23.7 Å². The number of ether oxygens (including phenoxy) is 6. The molecule has 5 rings (SSSR count). The second kappa shape index (κ2) is 18.9. The zero-order chi connectivity index (χ0) is 44.3. The lowest BCUT2D eigenvalue weighted by molar-refractivity contribution is -0.294. The number of ketones is 2. The lowest BCUT2D eigenvalue weighted by atomic mass is 9.73. The molecule has 3 aliphatic heterocycles. The Morgan fingerprint density at radius 3 is 2.05 bits per heavy atom. The molecule has 3 saturated heterocycles. The van der Waals surface area contributed by atoms with Gasteiger partial charge in [0.05, 0.1) is 29.4 Å². The molecule has 2 amide bonds. The Balaban J connectivity index is 1.56. The largest absolute Gasteiger partial charge is 0.457 e. The molecule has 3 fully saturated rings. The number of benzene rings is 2. The van der Waals surface area contributed by atoms with Gasteiger partial charge >= 0.3 is 18.0 Å². The predicted octanol–water partition coefficient (Wildman–Crippen LogP) is 5.40. The number of likely N-dealkylation sites (N-methyl/N-ethyl adjacent to an activating group) is 1. The van der Waals surface area contributed by atoms with Crippen LogP contribution in [-0.2, 0) is 42.8 Å². The van der Waals surface area contributed by atoms with Gasteiger partial charge in [-0.3, -0.25) is 24.6 Å². The molecule has 0 bridgehead atoms. The van der Waals surface area contributed by atoms with Gasteiger partial charge in [0, 0.05) is 30.4 Å². The Hall–Kier alpha value is -4.70. The van der Waals surface area contributed by atoms with Gasteiger partial charge in [0.2, 0.25) is 0 Å². The summed E-state index contributed by atoms with van der Waals surface area (Å²) < 4.78 is 37.7. The van der Waals surface area contributed by atoms with E-state index in [0.717, 1.165) is 5.01 Å². The van der Waals surface area contributed by atoms with Crippen LogP contribution in [0.2, 0.25) is 0 Å². The van der Waals surface area contributed by atoms with Crippen molar-refractivity contribution in [2.24, 2.45) is 23.7 Å². The van der Waals surface area contributed by atoms with Crippen molar-refractivity contribution in [1.82, 2.24) is 15.3 Å². The highest BCUT2D eigenvalue weighted by atomic mass is 16.7. The zero-order valence-corrected chi connectivity index (χ0v) is 36.5. The van der Waals surface area contributed by atoms with E-state index in [-0.39, 0.29) is 36.3 Å². The number of hydrogen-bond donors (Lipinski definition) is 1. The lowest BCUT2D eigenvalue weighted by Gasteiger charge is -2.47. The van der Waals surface area contributed by atoms with E-state index in [1.54, 1.807) is 102 Å². The molecule has 0 aliphatic carbocycles. The maximum Gasteiger partial charge on any atom is 0.429 e. The van der Waals surface area contributed by atoms with Gasteiger partial charge in [0.25, 0.3) is 5.91 Å². The van der Waals surface area contributed by atoms with Crippen LogP contribution in [0.5, 0.6) is 0 Å². The highest BCUT2D eigenvalue weighted by molar-refractivity contribution is 6.00. The Labute approximate surface area is 352 Å². The minimum atomic E-state index is -1.64. The van der Waals surface area contributed by atoms with E-state index in [0.29, 0.717) is 12.0 Å². The van der Waals surface area contributed by atoms with Crippen molar-refractivity contribution in [2.75, 3.05) is 21.2 Å². The highest BCUT2D eigenvalue weighted by Crippen LogP contribution is 2.43. The van der Waals surface area contributed by atoms with Gasteiger partial charge in [-0.2, -0.15) is 0 Å². The maximum absolute atomic E-state index is 14.8. The first-order valence-electron chi connectivity index (χ1n) is 20.7. The van der Waals surface area contributed by atoms with E-state index >= 15 is 0 Å². The molecule has 0 radical (unpaired) electrons. The van der Waals surface area contributed by atoms with Crippen molar-refractivity contribution in [3.05, 3.63) is 71.8 Å². The van der Waals surface area contributed by atoms with E-state index in [9.17, 15) is 28.8 Å². The number of nitrogens with one attached hydrogen (secondary N) is 1. The molecule has 2 aromatic carbocycles. The number of cyclic esters (lactones) is 1. The Kier molecular flexibility index (Phi) is 14.6. The molecular formula is C45H61N3O12. The van der Waals surface area contributed by atoms with Crippen LogP contribution in [-0.4, -0.2) is 121 Å². The van der Waals surface area contributed by atoms with E-state index in [2.05, 4.69) is 5.43 Å². The molecule has 0 unspecified atom stereocenters. The van der Waals surface area contributed by atoms with E-state index in [4.69, 9.17) is 28.4 Å². The standard InChI is InChI=1S/C45H61N3O12/c1-12-33-45(8)37(48(43(54)60-45)46-39(51)30-19-15-13-16-20-30)27(4)34(49)25(2)24-44(7,55-11)38(28(5)35(50)29(6)40(52)57-33)59-42-36(32(47(9)10)23-26(3)56-42)58-41(53)31-21-17-14-18-22-31/h13-22,25-29,32-33,36-38,42H,12,23-24H2,1-11H3,(H,46,51)/t25-,26-,27+,28+,29-,32+,33-,36-,37-,38-,42+,44-,45-/m1/s1. The fraction of sp³-hybridized carbons (Fsp3) is 0.600. The summed E-state index contributed by atoms with van der Waals surface area (Å²) in [6.07, 6.45) is -5.12. The minimum absolute atomic E-state index is 0.00740. The molecule has 60 heavy (non-hydrogen) atoms. The number of hydrogen-bond acceptors (Lipinski definition) is 13. The fourth-order valence-corrected chi connectivity index (χ4v) is 9.13. The number of fused-ring (bicyclic) bond motifs is 1. The van der Waals surface area contributed by atoms with Crippen molar-refractivity contribution in [1.29, 1.82) is 0 Å². The number of carbonyl (C=O) groups is 6. The summed E-state index contributed by atoms with van der Waals surface area (Å²) >= 11 is 0. The average molecular weight is 836 g/mol. The topological polar surface area (TPSA) is 176 Å². The Bertz CT molecular complexity index is 1880. The van der Waals surface area contributed by atoms with E-state index in [1.807, 2.05) is 25.9 Å². The summed E-state index contributed by atoms with van der Waals surface area (Å²) in [7, 11) is 5.18. The van der Waals surface area contributed by atoms with Crippen molar-refractivity contribution in [3.63, 3.8) is 0 Å². The number of hydrazine groups is 1. The summed E-state index contributed by atoms with van der Waals surface area (Å²) in [5.74, 6) is -7.12. The predicted molar refractivity (Wildman–Crippen MR) is 218 cm³/mol. The summed E-state index contributed by atoms with van der Waals surface area (Å²) in [6.45, 7) is 13.3. The fourth-order valence-electron chi connectivity index (χ4n) is 9.13. The Morgan fingerprint density at radius 1 is 0.883 bits per heavy atom. The second-order valence-electron chi connectivity index (χ2n) is 17.1. The molecule has 328 valence electrons. The second-order valence-corrected chi connectivity index (χ2v) is 17.1. The normalized spacial score (nSPS) is 35.5. The van der Waals surface area contributed by atoms with Crippen LogP contribution in [0.1, 0.15) is 95.4 Å². The van der Waals surface area contributed by atoms with Gasteiger partial charge in [-0.15, -0.1) is 0 Å². The first-order chi connectivity index (χ1) is 28.3. The van der Waals surface area contributed by atoms with Crippen molar-refractivity contribution >= 4 is 35.5 Å². The van der Waals surface area contributed by atoms with Crippen molar-refractivity contribution in [3.8, 4) is 0 Å². The summed E-state index contributed by atoms with van der Waals surface area (Å²) in [6, 6.07) is 15.3. The molecule has 2 aromatic rings. The highest BCUT2D eigenvalue weighted by Gasteiger charge is 2.61. The van der Waals surface area contributed by atoms with Crippen LogP contribution >= 0.6 is 0 Å². The molecule has 15 heteroatoms. The third-order valence-electron chi connectivity index (χ3n) is 12.6. The van der Waals surface area contributed by atoms with Gasteiger partial charge in [0.1, 0.15) is 23.8 Å². The molecule has 3 aliphatic rings. The summed E-state index contributed by atoms with van der Waals surface area (Å²) in [4.78, 5) is 86.1. The molecule has 0 aromatic heterocycles. The van der Waals surface area contributed by atoms with Crippen LogP contribution in [0.15, 0.2) is 60.7 Å². The molecule has 0 spiro atoms. The maximum atomic E-state index is 14.8. The third-order valence-corrected chi connectivity index (χ3v) is 12.6. The van der Waals surface area contributed by atoms with Gasteiger partial charge in [-0.1, -0.05) is 64.1 Å². The van der Waals surface area contributed by atoms with Gasteiger partial charge in [-0.05, 0) is 85.3 Å². The minimum Gasteiger partial charge on any atom is -0.457 e. The van der Waals surface area contributed by atoms with E-state index < -0.39 is 95.2 Å². The number of rotatable bonds is 9. The molecular weight excluding hydrogens is 775 g/mol. The van der Waals surface area contributed by atoms with Gasteiger partial charge in [0.15, 0.2) is 23.8 Å². The first kappa shape index (κ1) is 46.4. The van der Waals surface area contributed by atoms with Crippen molar-refractivity contribution < 1.29 is 57.2 Å². The van der Waals surface area contributed by atoms with Crippen LogP contribution in [0.4, 0.5) is 4.79 Å². The quantitative estimate of drug-likeness (QED) is 0.193. The van der Waals surface area contributed by atoms with Gasteiger partial charge in [-0.25, -0.2) is 14.6 Å². The van der Waals surface area contributed by atoms with Crippen LogP contribution < -0.4 is 5.43 Å². The number of methoxy groups -OCH3 is 1. The smallest absolute Gasteiger partial charge is 0.429 e. The molecule has 3 heterocycles. The average Bonchev–Trinajstić information content (AvgIpc) is 3.49. The van der Waals surface area contributed by atoms with E-state index in [1.165, 1.54) is 14.0 Å². The van der Waals surface area contributed by atoms with Crippen LogP contribution in [0.25, 0.3) is 0 Å². The number of nitrogens with zero attached hydrogens (tertiary/aromatic N) is 2. The molecule has 0 saturated carbocycles. The zero-order valence-electron chi connectivity index (χ0n) is 36.5. The monoisotopic (exact) mass is 835 g/mol. The lowest BCUT2D eigenvalue weighted by Crippen LogP contribution is -2.62. The molecule has 15 nitrogen and oxygen atoms in total. The number of amides is 2.